The molecule has 3 atom stereocenters. The topological polar surface area (TPSA) is 91.3 Å². The van der Waals surface area contributed by atoms with Crippen LogP contribution in [0.5, 0.6) is 0 Å². The number of hydrogen-bond donors (Lipinski definition) is 2. The summed E-state index contributed by atoms with van der Waals surface area (Å²) in [6.07, 6.45) is 0.992. The normalized spacial score (nSPS) is 29.5. The zero-order valence-corrected chi connectivity index (χ0v) is 10.6. The molecule has 1 aromatic heterocycles. The predicted octanol–water partition coefficient (Wildman–Crippen LogP) is 0.745. The average Bonchev–Trinajstić information content (AvgIpc) is 3.01. The van der Waals surface area contributed by atoms with E-state index in [2.05, 4.69) is 10.3 Å². The summed E-state index contributed by atoms with van der Waals surface area (Å²) in [7, 11) is 0. The van der Waals surface area contributed by atoms with Crippen molar-refractivity contribution in [2.24, 2.45) is 5.92 Å². The van der Waals surface area contributed by atoms with Crippen LogP contribution in [0, 0.1) is 16.0 Å². The number of nitrogens with zero attached hydrogens (tertiary/aromatic N) is 2. The van der Waals surface area contributed by atoms with Gasteiger partial charge in [0, 0.05) is 31.2 Å². The highest BCUT2D eigenvalue weighted by Crippen LogP contribution is 2.33. The van der Waals surface area contributed by atoms with Crippen LogP contribution >= 0.6 is 0 Å². The second-order valence-corrected chi connectivity index (χ2v) is 5.30. The zero-order valence-electron chi connectivity index (χ0n) is 10.6. The first kappa shape index (κ1) is 12.2. The number of carbonyl (C=O) groups excluding carboxylic acids is 1. The summed E-state index contributed by atoms with van der Waals surface area (Å²) in [5.74, 6) is 0.219. The van der Waals surface area contributed by atoms with Gasteiger partial charge in [0.25, 0.3) is 5.91 Å². The maximum atomic E-state index is 12.5. The van der Waals surface area contributed by atoms with E-state index in [1.165, 1.54) is 12.1 Å². The Morgan fingerprint density at radius 1 is 1.47 bits per heavy atom. The van der Waals surface area contributed by atoms with Crippen molar-refractivity contribution in [2.45, 2.75) is 25.4 Å². The lowest BCUT2D eigenvalue weighted by Crippen LogP contribution is -2.42. The minimum absolute atomic E-state index is 0.142. The van der Waals surface area contributed by atoms with Crippen molar-refractivity contribution in [3.05, 3.63) is 27.9 Å². The summed E-state index contributed by atoms with van der Waals surface area (Å²) >= 11 is 0. The molecule has 102 valence electrons. The average molecular weight is 264 g/mol. The lowest BCUT2D eigenvalue weighted by atomic mass is 10.0. The molecule has 2 N–H and O–H groups in total. The highest BCUT2D eigenvalue weighted by molar-refractivity contribution is 5.93. The molecule has 3 unspecified atom stereocenters. The molecule has 0 saturated carbocycles. The summed E-state index contributed by atoms with van der Waals surface area (Å²) < 4.78 is 0. The molecule has 1 aromatic rings. The van der Waals surface area contributed by atoms with Crippen molar-refractivity contribution in [3.8, 4) is 0 Å². The van der Waals surface area contributed by atoms with Crippen LogP contribution in [0.2, 0.25) is 0 Å². The van der Waals surface area contributed by atoms with Gasteiger partial charge in [-0.15, -0.1) is 0 Å². The second kappa shape index (κ2) is 4.34. The van der Waals surface area contributed by atoms with E-state index >= 15 is 0 Å². The first-order valence-corrected chi connectivity index (χ1v) is 6.44. The van der Waals surface area contributed by atoms with Gasteiger partial charge in [-0.25, -0.2) is 4.98 Å². The maximum absolute atomic E-state index is 12.5. The van der Waals surface area contributed by atoms with Gasteiger partial charge in [0.2, 0.25) is 0 Å². The van der Waals surface area contributed by atoms with E-state index in [0.29, 0.717) is 11.6 Å². The molecule has 0 spiro atoms. The van der Waals surface area contributed by atoms with Gasteiger partial charge in [-0.3, -0.25) is 4.79 Å². The summed E-state index contributed by atoms with van der Waals surface area (Å²) in [5, 5.41) is 13.9. The van der Waals surface area contributed by atoms with Gasteiger partial charge in [-0.05, 0) is 30.3 Å². The van der Waals surface area contributed by atoms with E-state index in [4.69, 9.17) is 0 Å². The van der Waals surface area contributed by atoms with E-state index in [-0.39, 0.29) is 23.8 Å². The smallest absolute Gasteiger partial charge is 0.321 e. The van der Waals surface area contributed by atoms with Gasteiger partial charge in [-0.2, -0.15) is 0 Å². The predicted molar refractivity (Wildman–Crippen MR) is 67.8 cm³/mol. The molecule has 2 aliphatic heterocycles. The largest absolute Gasteiger partial charge is 0.358 e. The summed E-state index contributed by atoms with van der Waals surface area (Å²) in [6, 6.07) is 3.22. The Bertz CT molecular complexity index is 527. The van der Waals surface area contributed by atoms with Crippen LogP contribution in [-0.4, -0.2) is 45.9 Å². The highest BCUT2D eigenvalue weighted by Gasteiger charge is 2.45. The van der Waals surface area contributed by atoms with Gasteiger partial charge in [0.05, 0.1) is 0 Å². The minimum atomic E-state index is -0.524. The molecule has 0 aliphatic carbocycles. The van der Waals surface area contributed by atoms with E-state index in [0.717, 1.165) is 19.5 Å². The molecule has 0 aromatic carbocycles. The van der Waals surface area contributed by atoms with Crippen molar-refractivity contribution >= 4 is 11.7 Å². The lowest BCUT2D eigenvalue weighted by molar-refractivity contribution is -0.389. The monoisotopic (exact) mass is 264 g/mol. The second-order valence-electron chi connectivity index (χ2n) is 5.30. The molecule has 2 saturated heterocycles. The lowest BCUT2D eigenvalue weighted by Gasteiger charge is -2.26. The molecule has 7 heteroatoms. The molecule has 0 bridgehead atoms. The van der Waals surface area contributed by atoms with Crippen molar-refractivity contribution in [2.75, 3.05) is 13.1 Å². The SMILES string of the molecule is CC1CC2CNCC2N1C(=O)c1ccc([N+](=O)[O-])[nH]1. The fourth-order valence-corrected chi connectivity index (χ4v) is 3.27. The molecule has 0 radical (unpaired) electrons. The summed E-state index contributed by atoms with van der Waals surface area (Å²) in [5.41, 5.74) is 0.297. The van der Waals surface area contributed by atoms with E-state index in [1.807, 2.05) is 11.8 Å². The van der Waals surface area contributed by atoms with E-state index in [9.17, 15) is 14.9 Å². The number of nitrogens with one attached hydrogen (secondary N) is 2. The van der Waals surface area contributed by atoms with Crippen molar-refractivity contribution in [1.82, 2.24) is 15.2 Å². The van der Waals surface area contributed by atoms with Crippen LogP contribution < -0.4 is 5.32 Å². The Hall–Kier alpha value is -1.89. The van der Waals surface area contributed by atoms with Gasteiger partial charge in [0.1, 0.15) is 0 Å². The molecule has 2 fully saturated rings. The van der Waals surface area contributed by atoms with Gasteiger partial charge in [0.15, 0.2) is 5.69 Å². The first-order chi connectivity index (χ1) is 9.08. The number of likely N-dealkylation sites (tertiary alicyclic amines) is 1. The number of rotatable bonds is 2. The van der Waals surface area contributed by atoms with Crippen LogP contribution in [0.25, 0.3) is 0 Å². The van der Waals surface area contributed by atoms with Gasteiger partial charge < -0.3 is 20.3 Å². The Morgan fingerprint density at radius 3 is 2.95 bits per heavy atom. The van der Waals surface area contributed by atoms with Crippen LogP contribution in [0.1, 0.15) is 23.8 Å². The fraction of sp³-hybridized carbons (Fsp3) is 0.583. The summed E-state index contributed by atoms with van der Waals surface area (Å²) in [6.45, 7) is 3.79. The third-order valence-electron chi connectivity index (χ3n) is 4.11. The van der Waals surface area contributed by atoms with Crippen molar-refractivity contribution in [1.29, 1.82) is 0 Å². The highest BCUT2D eigenvalue weighted by atomic mass is 16.6. The number of aromatic nitrogens is 1. The van der Waals surface area contributed by atoms with Crippen LogP contribution in [0.4, 0.5) is 5.82 Å². The molecular weight excluding hydrogens is 248 g/mol. The Balaban J connectivity index is 1.84. The minimum Gasteiger partial charge on any atom is -0.358 e. The first-order valence-electron chi connectivity index (χ1n) is 6.44. The van der Waals surface area contributed by atoms with Crippen LogP contribution in [-0.2, 0) is 0 Å². The molecule has 2 aliphatic rings. The third kappa shape index (κ3) is 1.90. The maximum Gasteiger partial charge on any atom is 0.321 e. The Morgan fingerprint density at radius 2 is 2.26 bits per heavy atom. The Labute approximate surface area is 110 Å². The number of H-pyrrole nitrogens is 1. The van der Waals surface area contributed by atoms with E-state index < -0.39 is 4.92 Å². The quantitative estimate of drug-likeness (QED) is 0.609. The number of amides is 1. The molecule has 7 nitrogen and oxygen atoms in total. The Kier molecular flexibility index (Phi) is 2.78. The van der Waals surface area contributed by atoms with Crippen LogP contribution in [0.15, 0.2) is 12.1 Å². The molecular formula is C12H16N4O3. The van der Waals surface area contributed by atoms with Gasteiger partial charge in [-0.1, -0.05) is 0 Å². The standard InChI is InChI=1S/C12H16N4O3/c1-7-4-8-5-13-6-10(8)15(7)12(17)9-2-3-11(14-9)16(18)19/h2-3,7-8,10,13-14H,4-6H2,1H3. The molecule has 3 heterocycles. The molecule has 19 heavy (non-hydrogen) atoms. The van der Waals surface area contributed by atoms with E-state index in [1.54, 1.807) is 0 Å². The number of fused-ring (bicyclic) bond motifs is 1. The molecule has 1 amide bonds. The number of carbonyl (C=O) groups is 1. The fourth-order valence-electron chi connectivity index (χ4n) is 3.27. The zero-order chi connectivity index (χ0) is 13.6. The molecule has 3 rings (SSSR count). The summed E-state index contributed by atoms with van der Waals surface area (Å²) in [4.78, 5) is 27.0. The third-order valence-corrected chi connectivity index (χ3v) is 4.11. The number of aromatic amines is 1. The van der Waals surface area contributed by atoms with Crippen molar-refractivity contribution in [3.63, 3.8) is 0 Å². The van der Waals surface area contributed by atoms with Crippen LogP contribution in [0.3, 0.4) is 0 Å². The number of nitro groups is 1. The van der Waals surface area contributed by atoms with Crippen molar-refractivity contribution < 1.29 is 9.72 Å². The van der Waals surface area contributed by atoms with Gasteiger partial charge >= 0.3 is 5.82 Å². The number of hydrogen-bond acceptors (Lipinski definition) is 4.